The molecule has 104 valence electrons. The molecule has 0 fully saturated rings. The van der Waals surface area contributed by atoms with Gasteiger partial charge in [0.2, 0.25) is 5.91 Å². The van der Waals surface area contributed by atoms with Gasteiger partial charge in [0.25, 0.3) is 0 Å². The molecule has 0 atom stereocenters. The van der Waals surface area contributed by atoms with Crippen molar-refractivity contribution in [3.63, 3.8) is 0 Å². The van der Waals surface area contributed by atoms with Crippen molar-refractivity contribution in [2.45, 2.75) is 12.3 Å². The highest BCUT2D eigenvalue weighted by atomic mass is 16.3. The molecule has 0 saturated heterocycles. The van der Waals surface area contributed by atoms with E-state index in [4.69, 9.17) is 5.11 Å². The van der Waals surface area contributed by atoms with Crippen molar-refractivity contribution in [3.8, 4) is 0 Å². The highest BCUT2D eigenvalue weighted by Crippen LogP contribution is 2.27. The van der Waals surface area contributed by atoms with Crippen LogP contribution >= 0.6 is 0 Å². The van der Waals surface area contributed by atoms with E-state index in [1.165, 1.54) is 0 Å². The number of carbonyl (C=O) groups is 1. The van der Waals surface area contributed by atoms with Crippen molar-refractivity contribution < 1.29 is 9.90 Å². The maximum absolute atomic E-state index is 11.9. The van der Waals surface area contributed by atoms with Crippen LogP contribution in [0.2, 0.25) is 0 Å². The van der Waals surface area contributed by atoms with Gasteiger partial charge in [-0.25, -0.2) is 0 Å². The Morgan fingerprint density at radius 2 is 1.45 bits per heavy atom. The fraction of sp³-hybridized carbons (Fsp3) is 0.235. The van der Waals surface area contributed by atoms with Crippen LogP contribution in [0.5, 0.6) is 0 Å². The predicted molar refractivity (Wildman–Crippen MR) is 79.4 cm³/mol. The summed E-state index contributed by atoms with van der Waals surface area (Å²) in [6.07, 6.45) is 0.383. The molecule has 0 aliphatic heterocycles. The number of aliphatic hydroxyl groups is 1. The number of amides is 1. The summed E-state index contributed by atoms with van der Waals surface area (Å²) < 4.78 is 0. The highest BCUT2D eigenvalue weighted by molar-refractivity contribution is 5.77. The SMILES string of the molecule is O=C(CC(c1ccccc1)c1ccccc1)NCCO. The zero-order valence-electron chi connectivity index (χ0n) is 11.3. The fourth-order valence-electron chi connectivity index (χ4n) is 2.25. The summed E-state index contributed by atoms with van der Waals surface area (Å²) in [7, 11) is 0. The Morgan fingerprint density at radius 3 is 1.90 bits per heavy atom. The largest absolute Gasteiger partial charge is 0.395 e. The van der Waals surface area contributed by atoms with Gasteiger partial charge >= 0.3 is 0 Å². The molecule has 0 radical (unpaired) electrons. The van der Waals surface area contributed by atoms with Crippen LogP contribution in [0.25, 0.3) is 0 Å². The Morgan fingerprint density at radius 1 is 0.950 bits per heavy atom. The number of rotatable bonds is 6. The molecular weight excluding hydrogens is 250 g/mol. The first-order chi connectivity index (χ1) is 9.81. The maximum atomic E-state index is 11.9. The third-order valence-corrected chi connectivity index (χ3v) is 3.23. The Bertz CT molecular complexity index is 486. The first kappa shape index (κ1) is 14.3. The van der Waals surface area contributed by atoms with Gasteiger partial charge in [0, 0.05) is 18.9 Å². The smallest absolute Gasteiger partial charge is 0.221 e. The minimum absolute atomic E-state index is 0.0346. The van der Waals surface area contributed by atoms with E-state index in [0.717, 1.165) is 11.1 Å². The molecule has 2 N–H and O–H groups in total. The fourth-order valence-corrected chi connectivity index (χ4v) is 2.25. The van der Waals surface area contributed by atoms with Gasteiger partial charge in [0.05, 0.1) is 6.61 Å². The van der Waals surface area contributed by atoms with E-state index in [-0.39, 0.29) is 18.4 Å². The number of hydrogen-bond donors (Lipinski definition) is 2. The molecule has 3 nitrogen and oxygen atoms in total. The standard InChI is InChI=1S/C17H19NO2/c19-12-11-18-17(20)13-16(14-7-3-1-4-8-14)15-9-5-2-6-10-15/h1-10,16,19H,11-13H2,(H,18,20). The lowest BCUT2D eigenvalue weighted by Crippen LogP contribution is -2.28. The zero-order chi connectivity index (χ0) is 14.2. The highest BCUT2D eigenvalue weighted by Gasteiger charge is 2.17. The normalized spacial score (nSPS) is 10.5. The van der Waals surface area contributed by atoms with Crippen molar-refractivity contribution in [1.82, 2.24) is 5.32 Å². The number of aliphatic hydroxyl groups excluding tert-OH is 1. The monoisotopic (exact) mass is 269 g/mol. The Kier molecular flexibility index (Phi) is 5.33. The number of hydrogen-bond acceptors (Lipinski definition) is 2. The van der Waals surface area contributed by atoms with E-state index in [9.17, 15) is 4.79 Å². The molecule has 2 rings (SSSR count). The maximum Gasteiger partial charge on any atom is 0.221 e. The minimum Gasteiger partial charge on any atom is -0.395 e. The summed E-state index contributed by atoms with van der Waals surface area (Å²) in [4.78, 5) is 11.9. The van der Waals surface area contributed by atoms with E-state index in [2.05, 4.69) is 5.32 Å². The molecule has 2 aromatic carbocycles. The Hall–Kier alpha value is -2.13. The van der Waals surface area contributed by atoms with Crippen LogP contribution in [0.15, 0.2) is 60.7 Å². The van der Waals surface area contributed by atoms with Gasteiger partial charge in [0.1, 0.15) is 0 Å². The second kappa shape index (κ2) is 7.46. The number of nitrogens with one attached hydrogen (secondary N) is 1. The summed E-state index contributed by atoms with van der Waals surface area (Å²) in [5, 5.41) is 11.5. The Labute approximate surface area is 119 Å². The van der Waals surface area contributed by atoms with E-state index in [1.54, 1.807) is 0 Å². The third-order valence-electron chi connectivity index (χ3n) is 3.23. The average molecular weight is 269 g/mol. The van der Waals surface area contributed by atoms with Gasteiger partial charge in [0.15, 0.2) is 0 Å². The van der Waals surface area contributed by atoms with Crippen molar-refractivity contribution in [2.75, 3.05) is 13.2 Å². The molecule has 2 aromatic rings. The van der Waals surface area contributed by atoms with Crippen LogP contribution in [-0.2, 0) is 4.79 Å². The summed E-state index contributed by atoms with van der Waals surface area (Å²) in [6, 6.07) is 20.0. The van der Waals surface area contributed by atoms with Crippen LogP contribution in [0, 0.1) is 0 Å². The van der Waals surface area contributed by atoms with E-state index >= 15 is 0 Å². The Balaban J connectivity index is 2.19. The van der Waals surface area contributed by atoms with E-state index in [0.29, 0.717) is 13.0 Å². The summed E-state index contributed by atoms with van der Waals surface area (Å²) in [5.41, 5.74) is 2.25. The number of benzene rings is 2. The molecule has 0 aromatic heterocycles. The lowest BCUT2D eigenvalue weighted by molar-refractivity contribution is -0.121. The van der Waals surface area contributed by atoms with Gasteiger partial charge in [-0.15, -0.1) is 0 Å². The molecule has 0 bridgehead atoms. The summed E-state index contributed by atoms with van der Waals surface area (Å²) in [5.74, 6) is -0.00662. The van der Waals surface area contributed by atoms with Gasteiger partial charge < -0.3 is 10.4 Å². The average Bonchev–Trinajstić information content (AvgIpc) is 2.52. The second-order valence-electron chi connectivity index (χ2n) is 4.65. The molecular formula is C17H19NO2. The minimum atomic E-state index is -0.0447. The molecule has 0 aliphatic rings. The van der Waals surface area contributed by atoms with Gasteiger partial charge in [-0.3, -0.25) is 4.79 Å². The molecule has 0 heterocycles. The molecule has 0 aliphatic carbocycles. The van der Waals surface area contributed by atoms with E-state index < -0.39 is 0 Å². The topological polar surface area (TPSA) is 49.3 Å². The summed E-state index contributed by atoms with van der Waals surface area (Å²) in [6.45, 7) is 0.266. The third kappa shape index (κ3) is 3.93. The quantitative estimate of drug-likeness (QED) is 0.845. The molecule has 0 unspecified atom stereocenters. The van der Waals surface area contributed by atoms with Crippen molar-refractivity contribution in [2.24, 2.45) is 0 Å². The van der Waals surface area contributed by atoms with Crippen molar-refractivity contribution in [1.29, 1.82) is 0 Å². The summed E-state index contributed by atoms with van der Waals surface area (Å²) >= 11 is 0. The van der Waals surface area contributed by atoms with Crippen molar-refractivity contribution >= 4 is 5.91 Å². The van der Waals surface area contributed by atoms with Crippen LogP contribution in [0.3, 0.4) is 0 Å². The van der Waals surface area contributed by atoms with Crippen LogP contribution in [0.4, 0.5) is 0 Å². The van der Waals surface area contributed by atoms with Crippen LogP contribution < -0.4 is 5.32 Å². The first-order valence-electron chi connectivity index (χ1n) is 6.78. The van der Waals surface area contributed by atoms with E-state index in [1.807, 2.05) is 60.7 Å². The van der Waals surface area contributed by atoms with Gasteiger partial charge in [-0.1, -0.05) is 60.7 Å². The molecule has 20 heavy (non-hydrogen) atoms. The lowest BCUT2D eigenvalue weighted by atomic mass is 9.88. The lowest BCUT2D eigenvalue weighted by Gasteiger charge is -2.17. The molecule has 3 heteroatoms. The molecule has 1 amide bonds. The van der Waals surface area contributed by atoms with Gasteiger partial charge in [-0.2, -0.15) is 0 Å². The van der Waals surface area contributed by atoms with Gasteiger partial charge in [-0.05, 0) is 11.1 Å². The molecule has 0 spiro atoms. The van der Waals surface area contributed by atoms with Crippen LogP contribution in [-0.4, -0.2) is 24.2 Å². The number of carbonyl (C=O) groups excluding carboxylic acids is 1. The second-order valence-corrected chi connectivity index (χ2v) is 4.65. The predicted octanol–water partition coefficient (Wildman–Crippen LogP) is 2.32. The van der Waals surface area contributed by atoms with Crippen molar-refractivity contribution in [3.05, 3.63) is 71.8 Å². The first-order valence-corrected chi connectivity index (χ1v) is 6.78. The zero-order valence-corrected chi connectivity index (χ0v) is 11.3. The molecule has 0 saturated carbocycles. The van der Waals surface area contributed by atoms with Crippen LogP contribution in [0.1, 0.15) is 23.5 Å².